The van der Waals surface area contributed by atoms with Gasteiger partial charge in [-0.3, -0.25) is 0 Å². The third-order valence-electron chi connectivity index (χ3n) is 3.17. The maximum Gasteiger partial charge on any atom is 0.410 e. The Morgan fingerprint density at radius 2 is 2.25 bits per heavy atom. The summed E-state index contributed by atoms with van der Waals surface area (Å²) < 4.78 is 18.8. The third kappa shape index (κ3) is 3.61. The van der Waals surface area contributed by atoms with E-state index in [0.29, 0.717) is 13.0 Å². The highest BCUT2D eigenvalue weighted by atomic mass is 19.1. The standard InChI is InChI=1S/C13H15FN4O2/c14-11-8-18(7-6-12(11)16-17-15)13(19)20-9-10-4-2-1-3-5-10/h1-5,11-12H,6-9H2/t11-,12-/m0/s1. The van der Waals surface area contributed by atoms with Gasteiger partial charge in [-0.25, -0.2) is 9.18 Å². The van der Waals surface area contributed by atoms with E-state index in [2.05, 4.69) is 10.0 Å². The number of carbonyl (C=O) groups excluding carboxylic acids is 1. The minimum Gasteiger partial charge on any atom is -0.445 e. The molecule has 1 fully saturated rings. The zero-order chi connectivity index (χ0) is 14.4. The molecule has 1 aromatic carbocycles. The fourth-order valence-electron chi connectivity index (χ4n) is 2.07. The van der Waals surface area contributed by atoms with Crippen LogP contribution < -0.4 is 0 Å². The molecule has 0 saturated carbocycles. The molecule has 0 aromatic heterocycles. The fourth-order valence-corrected chi connectivity index (χ4v) is 2.07. The second-order valence-electron chi connectivity index (χ2n) is 4.56. The fraction of sp³-hybridized carbons (Fsp3) is 0.462. The van der Waals surface area contributed by atoms with Crippen molar-refractivity contribution in [2.24, 2.45) is 5.11 Å². The van der Waals surface area contributed by atoms with Gasteiger partial charge in [-0.15, -0.1) is 0 Å². The van der Waals surface area contributed by atoms with Gasteiger partial charge in [-0.2, -0.15) is 0 Å². The summed E-state index contributed by atoms with van der Waals surface area (Å²) in [5.74, 6) is 0. The average Bonchev–Trinajstić information content (AvgIpc) is 2.48. The lowest BCUT2D eigenvalue weighted by Crippen LogP contribution is -2.46. The lowest BCUT2D eigenvalue weighted by molar-refractivity contribution is 0.0660. The molecule has 0 spiro atoms. The summed E-state index contributed by atoms with van der Waals surface area (Å²) in [6.07, 6.45) is -1.58. The molecule has 106 valence electrons. The van der Waals surface area contributed by atoms with Crippen LogP contribution in [0.2, 0.25) is 0 Å². The highest BCUT2D eigenvalue weighted by molar-refractivity contribution is 5.67. The number of hydrogen-bond acceptors (Lipinski definition) is 3. The summed E-state index contributed by atoms with van der Waals surface area (Å²) in [7, 11) is 0. The molecule has 1 aromatic rings. The van der Waals surface area contributed by atoms with Crippen molar-refractivity contribution in [2.45, 2.75) is 25.2 Å². The Hall–Kier alpha value is -2.27. The molecular weight excluding hydrogens is 263 g/mol. The van der Waals surface area contributed by atoms with Gasteiger partial charge < -0.3 is 9.64 Å². The highest BCUT2D eigenvalue weighted by Gasteiger charge is 2.31. The summed E-state index contributed by atoms with van der Waals surface area (Å²) in [6.45, 7) is 0.391. The number of halogens is 1. The van der Waals surface area contributed by atoms with Crippen LogP contribution in [0.15, 0.2) is 35.4 Å². The van der Waals surface area contributed by atoms with Gasteiger partial charge in [0.25, 0.3) is 0 Å². The van der Waals surface area contributed by atoms with E-state index in [-0.39, 0.29) is 13.2 Å². The van der Waals surface area contributed by atoms with Crippen LogP contribution in [-0.4, -0.2) is 36.3 Å². The topological polar surface area (TPSA) is 78.3 Å². The number of azide groups is 1. The first-order valence-electron chi connectivity index (χ1n) is 6.34. The van der Waals surface area contributed by atoms with Gasteiger partial charge >= 0.3 is 6.09 Å². The zero-order valence-corrected chi connectivity index (χ0v) is 10.9. The predicted molar refractivity (Wildman–Crippen MR) is 70.6 cm³/mol. The van der Waals surface area contributed by atoms with Crippen molar-refractivity contribution in [3.05, 3.63) is 46.3 Å². The van der Waals surface area contributed by atoms with E-state index < -0.39 is 18.3 Å². The van der Waals surface area contributed by atoms with Gasteiger partial charge in [-0.05, 0) is 17.5 Å². The molecule has 0 unspecified atom stereocenters. The molecule has 0 aliphatic carbocycles. The first-order chi connectivity index (χ1) is 9.70. The van der Waals surface area contributed by atoms with E-state index in [0.717, 1.165) is 5.56 Å². The van der Waals surface area contributed by atoms with Crippen LogP contribution in [0.5, 0.6) is 0 Å². The van der Waals surface area contributed by atoms with Crippen molar-refractivity contribution in [2.75, 3.05) is 13.1 Å². The highest BCUT2D eigenvalue weighted by Crippen LogP contribution is 2.18. The second kappa shape index (κ2) is 6.77. The van der Waals surface area contributed by atoms with Crippen molar-refractivity contribution in [3.8, 4) is 0 Å². The molecule has 0 N–H and O–H groups in total. The predicted octanol–water partition coefficient (Wildman–Crippen LogP) is 3.05. The van der Waals surface area contributed by atoms with Crippen molar-refractivity contribution in [1.82, 2.24) is 4.90 Å². The van der Waals surface area contributed by atoms with E-state index in [1.807, 2.05) is 30.3 Å². The van der Waals surface area contributed by atoms with Crippen LogP contribution >= 0.6 is 0 Å². The molecular formula is C13H15FN4O2. The van der Waals surface area contributed by atoms with E-state index in [1.165, 1.54) is 4.90 Å². The van der Waals surface area contributed by atoms with E-state index >= 15 is 0 Å². The monoisotopic (exact) mass is 278 g/mol. The van der Waals surface area contributed by atoms with Crippen molar-refractivity contribution in [3.63, 3.8) is 0 Å². The van der Waals surface area contributed by atoms with E-state index in [9.17, 15) is 9.18 Å². The second-order valence-corrected chi connectivity index (χ2v) is 4.56. The van der Waals surface area contributed by atoms with Crippen LogP contribution in [0.25, 0.3) is 10.4 Å². The Labute approximate surface area is 115 Å². The molecule has 6 nitrogen and oxygen atoms in total. The number of ether oxygens (including phenoxy) is 1. The number of amides is 1. The summed E-state index contributed by atoms with van der Waals surface area (Å²) >= 11 is 0. The molecule has 2 atom stereocenters. The molecule has 7 heteroatoms. The number of benzene rings is 1. The summed E-state index contributed by atoms with van der Waals surface area (Å²) in [5.41, 5.74) is 9.18. The van der Waals surface area contributed by atoms with Gasteiger partial charge in [-0.1, -0.05) is 35.4 Å². The number of hydrogen-bond donors (Lipinski definition) is 0. The Balaban J connectivity index is 1.83. The Bertz CT molecular complexity index is 504. The Kier molecular flexibility index (Phi) is 4.79. The summed E-state index contributed by atoms with van der Waals surface area (Å²) in [5, 5.41) is 3.38. The van der Waals surface area contributed by atoms with Gasteiger partial charge in [0.15, 0.2) is 0 Å². The number of piperidine rings is 1. The van der Waals surface area contributed by atoms with Crippen LogP contribution in [0.3, 0.4) is 0 Å². The van der Waals surface area contributed by atoms with Crippen LogP contribution in [-0.2, 0) is 11.3 Å². The lowest BCUT2D eigenvalue weighted by atomic mass is 10.0. The van der Waals surface area contributed by atoms with Crippen LogP contribution in [0, 0.1) is 0 Å². The molecule has 1 aliphatic heterocycles. The van der Waals surface area contributed by atoms with Gasteiger partial charge in [0.2, 0.25) is 0 Å². The molecule has 2 rings (SSSR count). The molecule has 1 heterocycles. The normalized spacial score (nSPS) is 21.9. The van der Waals surface area contributed by atoms with Crippen LogP contribution in [0.4, 0.5) is 9.18 Å². The van der Waals surface area contributed by atoms with Crippen molar-refractivity contribution < 1.29 is 13.9 Å². The number of carbonyl (C=O) groups is 1. The maximum atomic E-state index is 13.7. The quantitative estimate of drug-likeness (QED) is 0.484. The smallest absolute Gasteiger partial charge is 0.410 e. The number of rotatable bonds is 3. The molecule has 1 saturated heterocycles. The minimum atomic E-state index is -1.34. The molecule has 20 heavy (non-hydrogen) atoms. The summed E-state index contributed by atoms with van der Waals surface area (Å²) in [6, 6.07) is 8.58. The van der Waals surface area contributed by atoms with Gasteiger partial charge in [0.05, 0.1) is 12.6 Å². The zero-order valence-electron chi connectivity index (χ0n) is 10.9. The number of likely N-dealkylation sites (tertiary alicyclic amines) is 1. The van der Waals surface area contributed by atoms with Crippen LogP contribution in [0.1, 0.15) is 12.0 Å². The average molecular weight is 278 g/mol. The SMILES string of the molecule is [N-]=[N+]=N[C@H]1CCN(C(=O)OCc2ccccc2)C[C@@H]1F. The summed E-state index contributed by atoms with van der Waals surface area (Å²) in [4.78, 5) is 15.7. The lowest BCUT2D eigenvalue weighted by Gasteiger charge is -2.31. The molecule has 1 aliphatic rings. The van der Waals surface area contributed by atoms with Gasteiger partial charge in [0, 0.05) is 11.5 Å². The van der Waals surface area contributed by atoms with E-state index in [4.69, 9.17) is 10.3 Å². The Morgan fingerprint density at radius 1 is 1.50 bits per heavy atom. The molecule has 1 amide bonds. The van der Waals surface area contributed by atoms with Gasteiger partial charge in [0.1, 0.15) is 12.8 Å². The van der Waals surface area contributed by atoms with E-state index in [1.54, 1.807) is 0 Å². The minimum absolute atomic E-state index is 0.0999. The number of alkyl halides is 1. The van der Waals surface area contributed by atoms with Crippen molar-refractivity contribution in [1.29, 1.82) is 0 Å². The Morgan fingerprint density at radius 3 is 2.90 bits per heavy atom. The molecule has 0 bridgehead atoms. The third-order valence-corrected chi connectivity index (χ3v) is 3.17. The van der Waals surface area contributed by atoms with Crippen molar-refractivity contribution >= 4 is 6.09 Å². The first kappa shape index (κ1) is 14.1. The largest absolute Gasteiger partial charge is 0.445 e. The first-order valence-corrected chi connectivity index (χ1v) is 6.34. The molecule has 0 radical (unpaired) electrons. The maximum absolute atomic E-state index is 13.7. The number of nitrogens with zero attached hydrogens (tertiary/aromatic N) is 4.